The van der Waals surface area contributed by atoms with Crippen molar-refractivity contribution in [2.75, 3.05) is 20.1 Å². The largest absolute Gasteiger partial charge is 0.356 e. The smallest absolute Gasteiger partial charge is 0.226 e. The molecule has 0 atom stereocenters. The highest BCUT2D eigenvalue weighted by atomic mass is 127. The number of nitrogens with one attached hydrogen (secondary N) is 2. The minimum absolute atomic E-state index is 0. The maximum atomic E-state index is 5.11. The van der Waals surface area contributed by atoms with E-state index in [1.807, 2.05) is 18.7 Å². The molecule has 0 radical (unpaired) electrons. The van der Waals surface area contributed by atoms with E-state index < -0.39 is 0 Å². The van der Waals surface area contributed by atoms with Crippen molar-refractivity contribution >= 4 is 57.6 Å². The molecular formula is C18H27BrIN5OS. The molecule has 0 aliphatic rings. The molecule has 0 fully saturated rings. The molecule has 0 amide bonds. The Hall–Kier alpha value is -0.810. The van der Waals surface area contributed by atoms with E-state index in [4.69, 9.17) is 4.52 Å². The number of aryl methyl sites for hydroxylation is 2. The molecule has 2 aromatic rings. The van der Waals surface area contributed by atoms with Gasteiger partial charge in [-0.3, -0.25) is 4.99 Å². The second-order valence-electron chi connectivity index (χ2n) is 6.51. The van der Waals surface area contributed by atoms with Gasteiger partial charge in [-0.25, -0.2) is 0 Å². The van der Waals surface area contributed by atoms with E-state index in [0.717, 1.165) is 36.4 Å². The molecule has 150 valence electrons. The Morgan fingerprint density at radius 2 is 1.96 bits per heavy atom. The SMILES string of the molecule is CN=C(NCCCc1nc(C)no1)NCC(C)(C)Sc1ccc(Br)cc1.I. The highest BCUT2D eigenvalue weighted by Gasteiger charge is 2.20. The molecular weight excluding hydrogens is 541 g/mol. The van der Waals surface area contributed by atoms with Gasteiger partial charge in [0.25, 0.3) is 0 Å². The lowest BCUT2D eigenvalue weighted by molar-refractivity contribution is 0.372. The number of aliphatic imine (C=N–C) groups is 1. The normalized spacial score (nSPS) is 11.8. The molecule has 6 nitrogen and oxygen atoms in total. The molecule has 0 spiro atoms. The molecule has 0 unspecified atom stereocenters. The van der Waals surface area contributed by atoms with Crippen LogP contribution in [0.2, 0.25) is 0 Å². The molecule has 27 heavy (non-hydrogen) atoms. The first-order valence-electron chi connectivity index (χ1n) is 8.56. The van der Waals surface area contributed by atoms with Crippen LogP contribution in [-0.2, 0) is 6.42 Å². The minimum Gasteiger partial charge on any atom is -0.356 e. The zero-order chi connectivity index (χ0) is 19.0. The number of hydrogen-bond donors (Lipinski definition) is 2. The van der Waals surface area contributed by atoms with Gasteiger partial charge in [0.15, 0.2) is 11.8 Å². The summed E-state index contributed by atoms with van der Waals surface area (Å²) < 4.78 is 6.24. The second-order valence-corrected chi connectivity index (χ2v) is 9.20. The molecule has 1 aromatic carbocycles. The highest BCUT2D eigenvalue weighted by Crippen LogP contribution is 2.32. The van der Waals surface area contributed by atoms with Crippen molar-refractivity contribution in [3.8, 4) is 0 Å². The summed E-state index contributed by atoms with van der Waals surface area (Å²) >= 11 is 5.31. The van der Waals surface area contributed by atoms with Gasteiger partial charge < -0.3 is 15.2 Å². The van der Waals surface area contributed by atoms with Crippen LogP contribution in [0.3, 0.4) is 0 Å². The van der Waals surface area contributed by atoms with Crippen molar-refractivity contribution in [3.05, 3.63) is 40.5 Å². The molecule has 2 N–H and O–H groups in total. The van der Waals surface area contributed by atoms with Gasteiger partial charge in [-0.05, 0) is 51.5 Å². The number of rotatable bonds is 8. The first kappa shape index (κ1) is 24.2. The Labute approximate surface area is 190 Å². The average molecular weight is 568 g/mol. The number of halogens is 2. The van der Waals surface area contributed by atoms with Crippen LogP contribution in [-0.4, -0.2) is 41.0 Å². The van der Waals surface area contributed by atoms with E-state index in [0.29, 0.717) is 11.7 Å². The summed E-state index contributed by atoms with van der Waals surface area (Å²) in [5.74, 6) is 2.16. The van der Waals surface area contributed by atoms with Crippen molar-refractivity contribution in [1.82, 2.24) is 20.8 Å². The fraction of sp³-hybridized carbons (Fsp3) is 0.500. The number of aromatic nitrogens is 2. The fourth-order valence-corrected chi connectivity index (χ4v) is 3.58. The minimum atomic E-state index is 0. The summed E-state index contributed by atoms with van der Waals surface area (Å²) in [5.41, 5.74) is 0. The molecule has 0 saturated heterocycles. The quantitative estimate of drug-likeness (QED) is 0.162. The number of nitrogens with zero attached hydrogens (tertiary/aromatic N) is 3. The third kappa shape index (κ3) is 9.29. The predicted octanol–water partition coefficient (Wildman–Crippen LogP) is 4.43. The molecule has 1 aromatic heterocycles. The zero-order valence-electron chi connectivity index (χ0n) is 16.1. The third-order valence-electron chi connectivity index (χ3n) is 3.54. The van der Waals surface area contributed by atoms with Gasteiger partial charge in [0.05, 0.1) is 0 Å². The van der Waals surface area contributed by atoms with E-state index >= 15 is 0 Å². The fourth-order valence-electron chi connectivity index (χ4n) is 2.26. The van der Waals surface area contributed by atoms with Gasteiger partial charge in [-0.1, -0.05) is 21.1 Å². The topological polar surface area (TPSA) is 75.3 Å². The summed E-state index contributed by atoms with van der Waals surface area (Å²) in [6, 6.07) is 8.39. The van der Waals surface area contributed by atoms with Crippen molar-refractivity contribution in [3.63, 3.8) is 0 Å². The Balaban J connectivity index is 0.00000364. The van der Waals surface area contributed by atoms with Crippen LogP contribution >= 0.6 is 51.7 Å². The Morgan fingerprint density at radius 3 is 2.56 bits per heavy atom. The highest BCUT2D eigenvalue weighted by molar-refractivity contribution is 14.0. The van der Waals surface area contributed by atoms with Crippen LogP contribution in [0.4, 0.5) is 0 Å². The molecule has 9 heteroatoms. The lowest BCUT2D eigenvalue weighted by atomic mass is 10.2. The number of hydrogen-bond acceptors (Lipinski definition) is 5. The van der Waals surface area contributed by atoms with E-state index in [9.17, 15) is 0 Å². The van der Waals surface area contributed by atoms with Crippen LogP contribution in [0.15, 0.2) is 43.1 Å². The van der Waals surface area contributed by atoms with Gasteiger partial charge in [0, 0.05) is 40.7 Å². The number of thioether (sulfide) groups is 1. The first-order chi connectivity index (χ1) is 12.4. The van der Waals surface area contributed by atoms with Gasteiger partial charge in [-0.15, -0.1) is 35.7 Å². The van der Waals surface area contributed by atoms with Crippen molar-refractivity contribution in [2.45, 2.75) is 43.3 Å². The number of benzene rings is 1. The van der Waals surface area contributed by atoms with E-state index in [-0.39, 0.29) is 28.7 Å². The van der Waals surface area contributed by atoms with Crippen molar-refractivity contribution in [2.24, 2.45) is 4.99 Å². The molecule has 0 aliphatic heterocycles. The summed E-state index contributed by atoms with van der Waals surface area (Å²) in [6.45, 7) is 7.86. The van der Waals surface area contributed by atoms with E-state index in [1.165, 1.54) is 4.90 Å². The Kier molecular flexibility index (Phi) is 10.7. The van der Waals surface area contributed by atoms with E-state index in [1.54, 1.807) is 7.05 Å². The number of guanidine groups is 1. The maximum absolute atomic E-state index is 5.11. The van der Waals surface area contributed by atoms with Gasteiger partial charge in [0.1, 0.15) is 0 Å². The summed E-state index contributed by atoms with van der Waals surface area (Å²) in [4.78, 5) is 9.74. The summed E-state index contributed by atoms with van der Waals surface area (Å²) in [6.07, 6.45) is 1.66. The third-order valence-corrected chi connectivity index (χ3v) is 5.28. The van der Waals surface area contributed by atoms with Crippen LogP contribution in [0.5, 0.6) is 0 Å². The van der Waals surface area contributed by atoms with Crippen LogP contribution in [0, 0.1) is 6.92 Å². The molecule has 0 bridgehead atoms. The van der Waals surface area contributed by atoms with Crippen LogP contribution < -0.4 is 10.6 Å². The van der Waals surface area contributed by atoms with Crippen LogP contribution in [0.25, 0.3) is 0 Å². The lowest BCUT2D eigenvalue weighted by Gasteiger charge is -2.25. The lowest BCUT2D eigenvalue weighted by Crippen LogP contribution is -2.43. The zero-order valence-corrected chi connectivity index (χ0v) is 20.8. The van der Waals surface area contributed by atoms with Gasteiger partial charge in [0.2, 0.25) is 5.89 Å². The van der Waals surface area contributed by atoms with Gasteiger partial charge in [-0.2, -0.15) is 4.98 Å². The molecule has 0 aliphatic carbocycles. The Bertz CT molecular complexity index is 721. The molecule has 1 heterocycles. The first-order valence-corrected chi connectivity index (χ1v) is 10.2. The summed E-state index contributed by atoms with van der Waals surface area (Å²) in [5, 5.41) is 10.5. The molecule has 2 rings (SSSR count). The molecule has 0 saturated carbocycles. The summed E-state index contributed by atoms with van der Waals surface area (Å²) in [7, 11) is 1.78. The second kappa shape index (κ2) is 11.9. The standard InChI is InChI=1S/C18H26BrN5OS.HI/c1-13-23-16(25-24-13)6-5-11-21-17(20-4)22-12-18(2,3)26-15-9-7-14(19)8-10-15;/h7-10H,5-6,11-12H2,1-4H3,(H2,20,21,22);1H. The average Bonchev–Trinajstić information content (AvgIpc) is 3.01. The predicted molar refractivity (Wildman–Crippen MR) is 126 cm³/mol. The van der Waals surface area contributed by atoms with Gasteiger partial charge >= 0.3 is 0 Å². The van der Waals surface area contributed by atoms with Crippen molar-refractivity contribution in [1.29, 1.82) is 0 Å². The monoisotopic (exact) mass is 567 g/mol. The Morgan fingerprint density at radius 1 is 1.26 bits per heavy atom. The van der Waals surface area contributed by atoms with Crippen molar-refractivity contribution < 1.29 is 4.52 Å². The van der Waals surface area contributed by atoms with Crippen LogP contribution in [0.1, 0.15) is 32.0 Å². The maximum Gasteiger partial charge on any atom is 0.226 e. The van der Waals surface area contributed by atoms with E-state index in [2.05, 4.69) is 79.8 Å².